The molecular formula is C16H30N2O6V. The Bertz CT molecular complexity index is 380. The van der Waals surface area contributed by atoms with Gasteiger partial charge in [-0.05, 0) is 0 Å². The monoisotopic (exact) mass is 397 g/mol. The summed E-state index contributed by atoms with van der Waals surface area (Å²) >= 11 is 0. The van der Waals surface area contributed by atoms with E-state index in [2.05, 4.69) is 10.6 Å². The van der Waals surface area contributed by atoms with Crippen molar-refractivity contribution in [2.75, 3.05) is 46.1 Å². The Morgan fingerprint density at radius 1 is 0.840 bits per heavy atom. The molecule has 0 aromatic heterocycles. The first kappa shape index (κ1) is 26.3. The molecule has 0 bridgehead atoms. The van der Waals surface area contributed by atoms with Crippen LogP contribution in [0.1, 0.15) is 33.1 Å². The number of carbonyl (C=O) groups excluding carboxylic acids is 3. The molecule has 145 valence electrons. The van der Waals surface area contributed by atoms with Gasteiger partial charge in [0.15, 0.2) is 0 Å². The van der Waals surface area contributed by atoms with Crippen LogP contribution in [-0.4, -0.2) is 68.8 Å². The average Bonchev–Trinajstić information content (AvgIpc) is 2.53. The van der Waals surface area contributed by atoms with Crippen LogP contribution in [0.5, 0.6) is 0 Å². The number of ether oxygens (including phenoxy) is 2. The van der Waals surface area contributed by atoms with Gasteiger partial charge >= 0.3 is 0 Å². The van der Waals surface area contributed by atoms with Crippen LogP contribution in [0.3, 0.4) is 0 Å². The van der Waals surface area contributed by atoms with Gasteiger partial charge in [0, 0.05) is 56.8 Å². The summed E-state index contributed by atoms with van der Waals surface area (Å²) in [4.78, 5) is 33.9. The second kappa shape index (κ2) is 17.9. The summed E-state index contributed by atoms with van der Waals surface area (Å²) in [5.41, 5.74) is 0. The number of aliphatic hydroxyl groups is 1. The van der Waals surface area contributed by atoms with E-state index >= 15 is 0 Å². The van der Waals surface area contributed by atoms with E-state index in [9.17, 15) is 14.4 Å². The second-order valence-corrected chi connectivity index (χ2v) is 5.52. The van der Waals surface area contributed by atoms with Gasteiger partial charge in [-0.15, -0.1) is 0 Å². The molecule has 0 aliphatic rings. The SMILES string of the molecule is CC(C)C(=O)CCOCCNC(=O)CCOCCNC(=O)CCO.[V]. The van der Waals surface area contributed by atoms with Crippen molar-refractivity contribution in [3.05, 3.63) is 0 Å². The number of hydrogen-bond acceptors (Lipinski definition) is 6. The van der Waals surface area contributed by atoms with E-state index < -0.39 is 0 Å². The van der Waals surface area contributed by atoms with Gasteiger partial charge < -0.3 is 25.2 Å². The number of carbonyl (C=O) groups is 3. The van der Waals surface area contributed by atoms with E-state index in [-0.39, 0.29) is 68.1 Å². The zero-order valence-electron chi connectivity index (χ0n) is 15.1. The Hall–Kier alpha value is -0.926. The van der Waals surface area contributed by atoms with Crippen molar-refractivity contribution in [2.45, 2.75) is 33.1 Å². The number of aliphatic hydroxyl groups excluding tert-OH is 1. The van der Waals surface area contributed by atoms with Crippen LogP contribution < -0.4 is 10.6 Å². The fraction of sp³-hybridized carbons (Fsp3) is 0.812. The smallest absolute Gasteiger partial charge is 0.222 e. The molecule has 2 amide bonds. The number of nitrogens with one attached hydrogen (secondary N) is 2. The second-order valence-electron chi connectivity index (χ2n) is 5.52. The summed E-state index contributed by atoms with van der Waals surface area (Å²) in [6.45, 7) is 5.61. The van der Waals surface area contributed by atoms with Crippen molar-refractivity contribution in [1.82, 2.24) is 10.6 Å². The fourth-order valence-electron chi connectivity index (χ4n) is 1.63. The van der Waals surface area contributed by atoms with Crippen molar-refractivity contribution in [2.24, 2.45) is 5.92 Å². The number of ketones is 1. The molecule has 0 aliphatic carbocycles. The molecule has 0 rings (SSSR count). The van der Waals surface area contributed by atoms with E-state index in [1.807, 2.05) is 13.8 Å². The van der Waals surface area contributed by atoms with Crippen LogP contribution >= 0.6 is 0 Å². The minimum absolute atomic E-state index is 0. The summed E-state index contributed by atoms with van der Waals surface area (Å²) in [6, 6.07) is 0. The molecule has 0 aromatic carbocycles. The fourth-order valence-corrected chi connectivity index (χ4v) is 1.63. The Morgan fingerprint density at radius 2 is 1.32 bits per heavy atom. The molecule has 0 saturated heterocycles. The third-order valence-electron chi connectivity index (χ3n) is 3.09. The van der Waals surface area contributed by atoms with Crippen LogP contribution in [0.2, 0.25) is 0 Å². The topological polar surface area (TPSA) is 114 Å². The predicted molar refractivity (Wildman–Crippen MR) is 88.4 cm³/mol. The first-order chi connectivity index (χ1) is 11.5. The molecule has 0 unspecified atom stereocenters. The van der Waals surface area contributed by atoms with Crippen molar-refractivity contribution >= 4 is 17.6 Å². The molecule has 0 saturated carbocycles. The van der Waals surface area contributed by atoms with E-state index in [1.54, 1.807) is 0 Å². The third kappa shape index (κ3) is 17.7. The van der Waals surface area contributed by atoms with Crippen molar-refractivity contribution in [3.8, 4) is 0 Å². The molecule has 1 radical (unpaired) electrons. The zero-order valence-corrected chi connectivity index (χ0v) is 16.5. The molecule has 9 heteroatoms. The van der Waals surface area contributed by atoms with Gasteiger partial charge in [0.25, 0.3) is 0 Å². The van der Waals surface area contributed by atoms with Gasteiger partial charge in [-0.3, -0.25) is 14.4 Å². The van der Waals surface area contributed by atoms with Gasteiger partial charge in [-0.1, -0.05) is 13.8 Å². The largest absolute Gasteiger partial charge is 0.396 e. The molecule has 3 N–H and O–H groups in total. The number of Topliss-reactive ketones (excluding diaryl/α,β-unsaturated/α-hetero) is 1. The maximum Gasteiger partial charge on any atom is 0.222 e. The molecule has 0 atom stereocenters. The van der Waals surface area contributed by atoms with Crippen LogP contribution in [-0.2, 0) is 42.4 Å². The zero-order chi connectivity index (χ0) is 18.2. The Kier molecular flexibility index (Phi) is 18.8. The minimum Gasteiger partial charge on any atom is -0.396 e. The van der Waals surface area contributed by atoms with Crippen molar-refractivity contribution < 1.29 is 47.5 Å². The van der Waals surface area contributed by atoms with Gasteiger partial charge in [-0.2, -0.15) is 0 Å². The summed E-state index contributed by atoms with van der Waals surface area (Å²) in [6.07, 6.45) is 0.709. The first-order valence-corrected chi connectivity index (χ1v) is 8.29. The average molecular weight is 397 g/mol. The van der Waals surface area contributed by atoms with E-state index in [1.165, 1.54) is 0 Å². The minimum atomic E-state index is -0.228. The number of rotatable bonds is 15. The molecule has 0 spiro atoms. The van der Waals surface area contributed by atoms with E-state index in [4.69, 9.17) is 14.6 Å². The van der Waals surface area contributed by atoms with Crippen LogP contribution in [0.15, 0.2) is 0 Å². The van der Waals surface area contributed by atoms with Crippen molar-refractivity contribution in [3.63, 3.8) is 0 Å². The molecular weight excluding hydrogens is 367 g/mol. The molecule has 0 heterocycles. The van der Waals surface area contributed by atoms with Crippen molar-refractivity contribution in [1.29, 1.82) is 0 Å². The summed E-state index contributed by atoms with van der Waals surface area (Å²) in [5.74, 6) is -0.171. The van der Waals surface area contributed by atoms with Crippen LogP contribution in [0.4, 0.5) is 0 Å². The molecule has 8 nitrogen and oxygen atoms in total. The Morgan fingerprint density at radius 3 is 1.80 bits per heavy atom. The molecule has 0 aromatic rings. The van der Waals surface area contributed by atoms with Crippen LogP contribution in [0.25, 0.3) is 0 Å². The first-order valence-electron chi connectivity index (χ1n) is 8.29. The normalized spacial score (nSPS) is 10.2. The molecule has 25 heavy (non-hydrogen) atoms. The summed E-state index contributed by atoms with van der Waals surface area (Å²) in [7, 11) is 0. The van der Waals surface area contributed by atoms with Gasteiger partial charge in [0.05, 0.1) is 33.0 Å². The summed E-state index contributed by atoms with van der Waals surface area (Å²) in [5, 5.41) is 13.8. The standard InChI is InChI=1S/C16H30N2O6.V/c1-13(2)14(20)4-9-23-11-7-18-16(22)5-10-24-12-6-17-15(21)3-8-19;/h13,19H,3-12H2,1-2H3,(H,17,21)(H,18,22);. The maximum absolute atomic E-state index is 11.5. The van der Waals surface area contributed by atoms with Gasteiger partial charge in [0.1, 0.15) is 5.78 Å². The third-order valence-corrected chi connectivity index (χ3v) is 3.09. The molecule has 0 aliphatic heterocycles. The quantitative estimate of drug-likeness (QED) is 0.325. The van der Waals surface area contributed by atoms with E-state index in [0.29, 0.717) is 39.3 Å². The summed E-state index contributed by atoms with van der Waals surface area (Å²) < 4.78 is 10.5. The predicted octanol–water partition coefficient (Wildman–Crippen LogP) is -0.363. The number of hydrogen-bond donors (Lipinski definition) is 3. The molecule has 0 fully saturated rings. The van der Waals surface area contributed by atoms with E-state index in [0.717, 1.165) is 0 Å². The Labute approximate surface area is 161 Å². The Balaban J connectivity index is 0. The number of amides is 2. The maximum atomic E-state index is 11.5. The van der Waals surface area contributed by atoms with Gasteiger partial charge in [-0.25, -0.2) is 0 Å². The van der Waals surface area contributed by atoms with Crippen LogP contribution in [0, 0.1) is 5.92 Å². The van der Waals surface area contributed by atoms with Gasteiger partial charge in [0.2, 0.25) is 11.8 Å².